The number of hydrogen-bond donors (Lipinski definition) is 2. The molecule has 1 aromatic carbocycles. The van der Waals surface area contributed by atoms with E-state index in [4.69, 9.17) is 15.2 Å². The first-order valence-electron chi connectivity index (χ1n) is 8.49. The van der Waals surface area contributed by atoms with Crippen LogP contribution >= 0.6 is 12.4 Å². The highest BCUT2D eigenvalue weighted by molar-refractivity contribution is 5.93. The molecule has 140 valence electrons. The maximum Gasteiger partial charge on any atom is 0.273 e. The molecule has 2 heterocycles. The zero-order valence-electron chi connectivity index (χ0n) is 14.5. The van der Waals surface area contributed by atoms with Crippen molar-refractivity contribution in [1.82, 2.24) is 20.3 Å². The number of nitrogens with two attached hydrogens (primary N) is 1. The summed E-state index contributed by atoms with van der Waals surface area (Å²) in [5.41, 5.74) is 7.75. The Balaban J connectivity index is 0.00000196. The molecule has 1 saturated carbocycles. The van der Waals surface area contributed by atoms with Crippen LogP contribution in [0.2, 0.25) is 0 Å². The first-order chi connectivity index (χ1) is 12.1. The van der Waals surface area contributed by atoms with Gasteiger partial charge in [-0.1, -0.05) is 5.21 Å². The minimum Gasteiger partial charge on any atom is -0.486 e. The van der Waals surface area contributed by atoms with E-state index < -0.39 is 0 Å². The summed E-state index contributed by atoms with van der Waals surface area (Å²) in [5, 5.41) is 11.0. The molecule has 2 aromatic rings. The summed E-state index contributed by atoms with van der Waals surface area (Å²) < 4.78 is 12.7. The molecule has 26 heavy (non-hydrogen) atoms. The molecule has 0 saturated heterocycles. The second kappa shape index (κ2) is 7.51. The molecule has 8 nitrogen and oxygen atoms in total. The third-order valence-corrected chi connectivity index (χ3v) is 4.61. The van der Waals surface area contributed by atoms with E-state index in [2.05, 4.69) is 15.6 Å². The number of carbonyl (C=O) groups excluding carboxylic acids is 1. The van der Waals surface area contributed by atoms with Gasteiger partial charge in [0.25, 0.3) is 5.91 Å². The van der Waals surface area contributed by atoms with Crippen LogP contribution in [0.3, 0.4) is 0 Å². The van der Waals surface area contributed by atoms with Crippen molar-refractivity contribution in [3.8, 4) is 17.2 Å². The van der Waals surface area contributed by atoms with Crippen LogP contribution in [0.4, 0.5) is 0 Å². The van der Waals surface area contributed by atoms with E-state index in [9.17, 15) is 4.79 Å². The van der Waals surface area contributed by atoms with Gasteiger partial charge in [-0.3, -0.25) is 4.79 Å². The van der Waals surface area contributed by atoms with E-state index in [1.807, 2.05) is 25.1 Å². The van der Waals surface area contributed by atoms with Gasteiger partial charge in [-0.15, -0.1) is 17.5 Å². The summed E-state index contributed by atoms with van der Waals surface area (Å²) >= 11 is 0. The average Bonchev–Trinajstić information content (AvgIpc) is 3.41. The van der Waals surface area contributed by atoms with Crippen LogP contribution in [0.25, 0.3) is 5.69 Å². The zero-order valence-corrected chi connectivity index (χ0v) is 15.3. The summed E-state index contributed by atoms with van der Waals surface area (Å²) in [4.78, 5) is 12.4. The summed E-state index contributed by atoms with van der Waals surface area (Å²) in [7, 11) is 0. The molecular formula is C17H22ClN5O3. The fraction of sp³-hybridized carbons (Fsp3) is 0.471. The smallest absolute Gasteiger partial charge is 0.273 e. The maximum absolute atomic E-state index is 12.4. The Morgan fingerprint density at radius 1 is 1.35 bits per heavy atom. The van der Waals surface area contributed by atoms with Gasteiger partial charge in [0.05, 0.1) is 11.4 Å². The topological polar surface area (TPSA) is 104 Å². The number of amides is 1. The molecule has 2 aliphatic rings. The molecule has 1 amide bonds. The minimum atomic E-state index is -0.252. The highest BCUT2D eigenvalue weighted by Crippen LogP contribution is 2.32. The number of aromatic nitrogens is 3. The number of carbonyl (C=O) groups is 1. The van der Waals surface area contributed by atoms with Gasteiger partial charge in [-0.2, -0.15) is 0 Å². The molecule has 1 atom stereocenters. The molecule has 0 radical (unpaired) electrons. The molecule has 9 heteroatoms. The van der Waals surface area contributed by atoms with Crippen molar-refractivity contribution in [2.45, 2.75) is 25.8 Å². The Morgan fingerprint density at radius 3 is 2.81 bits per heavy atom. The number of nitrogens with zero attached hydrogens (tertiary/aromatic N) is 3. The van der Waals surface area contributed by atoms with E-state index in [0.29, 0.717) is 48.6 Å². The van der Waals surface area contributed by atoms with Crippen molar-refractivity contribution >= 4 is 18.3 Å². The Labute approximate surface area is 157 Å². The first-order valence-corrected chi connectivity index (χ1v) is 8.49. The molecule has 3 N–H and O–H groups in total. The van der Waals surface area contributed by atoms with Crippen LogP contribution in [-0.2, 0) is 0 Å². The molecule has 0 spiro atoms. The van der Waals surface area contributed by atoms with Crippen LogP contribution in [0.1, 0.15) is 29.0 Å². The number of rotatable bonds is 5. The van der Waals surface area contributed by atoms with Gasteiger partial charge in [0, 0.05) is 18.7 Å². The summed E-state index contributed by atoms with van der Waals surface area (Å²) in [6.07, 6.45) is 2.30. The Morgan fingerprint density at radius 2 is 2.08 bits per heavy atom. The van der Waals surface area contributed by atoms with Crippen molar-refractivity contribution in [2.75, 3.05) is 19.8 Å². The lowest BCUT2D eigenvalue weighted by Gasteiger charge is -2.18. The highest BCUT2D eigenvalue weighted by atomic mass is 35.5. The highest BCUT2D eigenvalue weighted by Gasteiger charge is 2.29. The van der Waals surface area contributed by atoms with E-state index in [0.717, 1.165) is 18.5 Å². The van der Waals surface area contributed by atoms with Gasteiger partial charge >= 0.3 is 0 Å². The van der Waals surface area contributed by atoms with Crippen molar-refractivity contribution < 1.29 is 14.3 Å². The number of ether oxygens (including phenoxy) is 2. The fourth-order valence-electron chi connectivity index (χ4n) is 2.93. The normalized spacial score (nSPS) is 16.5. The van der Waals surface area contributed by atoms with Crippen LogP contribution in [0.15, 0.2) is 18.2 Å². The molecule has 4 rings (SSSR count). The second-order valence-corrected chi connectivity index (χ2v) is 6.47. The third-order valence-electron chi connectivity index (χ3n) is 4.61. The molecule has 1 unspecified atom stereocenters. The van der Waals surface area contributed by atoms with Crippen LogP contribution < -0.4 is 20.5 Å². The van der Waals surface area contributed by atoms with Crippen LogP contribution in [-0.4, -0.2) is 46.7 Å². The predicted molar refractivity (Wildman–Crippen MR) is 97.4 cm³/mol. The van der Waals surface area contributed by atoms with Crippen molar-refractivity contribution in [3.63, 3.8) is 0 Å². The molecule has 0 bridgehead atoms. The Kier molecular flexibility index (Phi) is 5.33. The van der Waals surface area contributed by atoms with Gasteiger partial charge < -0.3 is 20.5 Å². The van der Waals surface area contributed by atoms with Crippen molar-refractivity contribution in [3.05, 3.63) is 29.6 Å². The van der Waals surface area contributed by atoms with Crippen LogP contribution in [0.5, 0.6) is 11.5 Å². The summed E-state index contributed by atoms with van der Waals surface area (Å²) in [6, 6.07) is 5.54. The zero-order chi connectivity index (χ0) is 17.4. The monoisotopic (exact) mass is 379 g/mol. The third kappa shape index (κ3) is 3.61. The first kappa shape index (κ1) is 18.5. The SMILES string of the molecule is Cc1c(C(=O)NCC(N)C2CC2)nnn1-c1ccc2c(c1)OCCO2.Cl. The quantitative estimate of drug-likeness (QED) is 0.809. The fourth-order valence-corrected chi connectivity index (χ4v) is 2.93. The average molecular weight is 380 g/mol. The maximum atomic E-state index is 12.4. The van der Waals surface area contributed by atoms with Gasteiger partial charge in [-0.25, -0.2) is 4.68 Å². The summed E-state index contributed by atoms with van der Waals surface area (Å²) in [6.45, 7) is 3.33. The van der Waals surface area contributed by atoms with E-state index in [1.165, 1.54) is 0 Å². The molecule has 1 aliphatic heterocycles. The lowest BCUT2D eigenvalue weighted by atomic mass is 10.2. The summed E-state index contributed by atoms with van der Waals surface area (Å²) in [5.74, 6) is 1.66. The molecular weight excluding hydrogens is 358 g/mol. The van der Waals surface area contributed by atoms with Crippen molar-refractivity contribution in [2.24, 2.45) is 11.7 Å². The number of benzene rings is 1. The van der Waals surface area contributed by atoms with E-state index >= 15 is 0 Å². The second-order valence-electron chi connectivity index (χ2n) is 6.47. The lowest BCUT2D eigenvalue weighted by molar-refractivity contribution is 0.0944. The Hall–Kier alpha value is -2.32. The van der Waals surface area contributed by atoms with E-state index in [1.54, 1.807) is 4.68 Å². The molecule has 1 aromatic heterocycles. The van der Waals surface area contributed by atoms with Gasteiger partial charge in [0.15, 0.2) is 17.2 Å². The number of nitrogens with one attached hydrogen (secondary N) is 1. The molecule has 1 fully saturated rings. The van der Waals surface area contributed by atoms with Crippen LogP contribution in [0, 0.1) is 12.8 Å². The number of hydrogen-bond acceptors (Lipinski definition) is 6. The Bertz CT molecular complexity index is 806. The van der Waals surface area contributed by atoms with E-state index in [-0.39, 0.29) is 24.4 Å². The van der Waals surface area contributed by atoms with Gasteiger partial charge in [0.2, 0.25) is 0 Å². The minimum absolute atomic E-state index is 0. The van der Waals surface area contributed by atoms with Gasteiger partial charge in [-0.05, 0) is 37.8 Å². The number of fused-ring (bicyclic) bond motifs is 1. The standard InChI is InChI=1S/C17H21N5O3.ClH/c1-10-16(17(23)19-9-13(18)11-2-3-11)20-21-22(10)12-4-5-14-15(8-12)25-7-6-24-14;/h4-5,8,11,13H,2-3,6-7,9,18H2,1H3,(H,19,23);1H. The predicted octanol–water partition coefficient (Wildman–Crippen LogP) is 1.24. The number of halogens is 1. The lowest BCUT2D eigenvalue weighted by Crippen LogP contribution is -2.38. The largest absolute Gasteiger partial charge is 0.486 e. The molecule has 1 aliphatic carbocycles. The van der Waals surface area contributed by atoms with Crippen molar-refractivity contribution in [1.29, 1.82) is 0 Å². The van der Waals surface area contributed by atoms with Gasteiger partial charge in [0.1, 0.15) is 13.2 Å².